The molecular weight excluding hydrogens is 509 g/mol. The van der Waals surface area contributed by atoms with Gasteiger partial charge in [0.2, 0.25) is 0 Å². The van der Waals surface area contributed by atoms with Crippen LogP contribution >= 0.6 is 0 Å². The van der Waals surface area contributed by atoms with Crippen LogP contribution < -0.4 is 20.9 Å². The number of rotatable bonds is 4. The number of nitrogens with two attached hydrogens (primary N) is 2. The second-order valence-corrected chi connectivity index (χ2v) is 6.75. The molecule has 35 heavy (non-hydrogen) atoms. The molecule has 0 atom stereocenters. The van der Waals surface area contributed by atoms with Gasteiger partial charge in [-0.25, -0.2) is 22.0 Å². The van der Waals surface area contributed by atoms with Crippen LogP contribution in [0.25, 0.3) is 0 Å². The van der Waals surface area contributed by atoms with E-state index in [4.69, 9.17) is 11.5 Å². The van der Waals surface area contributed by atoms with Gasteiger partial charge in [0.15, 0.2) is 40.4 Å². The molecule has 0 unspecified atom stereocenters. The monoisotopic (exact) mass is 518 g/mol. The number of halogens is 11. The third kappa shape index (κ3) is 5.12. The van der Waals surface area contributed by atoms with Crippen LogP contribution in [0, 0.1) is 29.1 Å². The van der Waals surface area contributed by atoms with Crippen molar-refractivity contribution in [2.75, 3.05) is 11.5 Å². The Morgan fingerprint density at radius 2 is 0.943 bits per heavy atom. The average molecular weight is 518 g/mol. The van der Waals surface area contributed by atoms with E-state index in [0.717, 1.165) is 0 Å². The summed E-state index contributed by atoms with van der Waals surface area (Å²) in [4.78, 5) is 0. The molecule has 0 spiro atoms. The van der Waals surface area contributed by atoms with Crippen LogP contribution in [0.15, 0.2) is 30.3 Å². The van der Waals surface area contributed by atoms with Gasteiger partial charge in [-0.1, -0.05) is 0 Å². The first-order valence-electron chi connectivity index (χ1n) is 8.86. The fourth-order valence-electron chi connectivity index (χ4n) is 2.75. The second-order valence-electron chi connectivity index (χ2n) is 6.75. The van der Waals surface area contributed by atoms with Gasteiger partial charge >= 0.3 is 12.4 Å². The molecule has 0 radical (unpaired) electrons. The summed E-state index contributed by atoms with van der Waals surface area (Å²) in [6, 6.07) is 0.143. The minimum absolute atomic E-state index is 0.0167. The molecule has 0 aromatic heterocycles. The van der Waals surface area contributed by atoms with Crippen molar-refractivity contribution in [2.45, 2.75) is 12.4 Å². The third-order valence-corrected chi connectivity index (χ3v) is 4.30. The van der Waals surface area contributed by atoms with Gasteiger partial charge < -0.3 is 20.9 Å². The molecule has 0 heterocycles. The molecule has 3 aromatic rings. The van der Waals surface area contributed by atoms with Crippen molar-refractivity contribution in [3.8, 4) is 23.0 Å². The molecule has 3 rings (SSSR count). The Kier molecular flexibility index (Phi) is 6.39. The standard InChI is InChI=1S/C20H9F11N2O2/c21-7-2-9(23)14(4-12(7)32)34-17-6(19(26,27)28)1-11(25)18(16(17)20(29,30)31)35-15-5-13(33)8(22)3-10(15)24/h1-5H,32-33H2. The van der Waals surface area contributed by atoms with Crippen molar-refractivity contribution in [3.05, 3.63) is 70.5 Å². The molecule has 0 aliphatic heterocycles. The minimum atomic E-state index is -5.89. The largest absolute Gasteiger partial charge is 0.453 e. The van der Waals surface area contributed by atoms with Crippen LogP contribution in [0.3, 0.4) is 0 Å². The molecule has 0 saturated carbocycles. The zero-order valence-electron chi connectivity index (χ0n) is 16.5. The molecule has 0 aliphatic carbocycles. The molecule has 0 bridgehead atoms. The van der Waals surface area contributed by atoms with Gasteiger partial charge in [-0.2, -0.15) is 26.3 Å². The van der Waals surface area contributed by atoms with Crippen LogP contribution in [-0.2, 0) is 12.4 Å². The quantitative estimate of drug-likeness (QED) is 0.284. The van der Waals surface area contributed by atoms with Gasteiger partial charge in [-0.05, 0) is 6.07 Å². The molecule has 188 valence electrons. The highest BCUT2D eigenvalue weighted by Crippen LogP contribution is 2.52. The maximum absolute atomic E-state index is 14.5. The summed E-state index contributed by atoms with van der Waals surface area (Å²) < 4.78 is 161. The summed E-state index contributed by atoms with van der Waals surface area (Å²) in [5, 5.41) is 0. The number of anilines is 2. The Morgan fingerprint density at radius 3 is 1.34 bits per heavy atom. The van der Waals surface area contributed by atoms with Crippen LogP contribution in [0.5, 0.6) is 23.0 Å². The van der Waals surface area contributed by atoms with Gasteiger partial charge in [0.25, 0.3) is 0 Å². The van der Waals surface area contributed by atoms with Gasteiger partial charge in [0.1, 0.15) is 22.8 Å². The average Bonchev–Trinajstić information content (AvgIpc) is 2.70. The molecule has 0 aliphatic rings. The van der Waals surface area contributed by atoms with E-state index in [0.29, 0.717) is 6.07 Å². The first-order chi connectivity index (χ1) is 16.0. The molecule has 4 N–H and O–H groups in total. The highest BCUT2D eigenvalue weighted by Gasteiger charge is 2.47. The number of hydrogen-bond acceptors (Lipinski definition) is 4. The number of hydrogen-bond donors (Lipinski definition) is 2. The number of ether oxygens (including phenoxy) is 2. The smallest absolute Gasteiger partial charge is 0.423 e. The molecule has 4 nitrogen and oxygen atoms in total. The lowest BCUT2D eigenvalue weighted by atomic mass is 10.1. The summed E-state index contributed by atoms with van der Waals surface area (Å²) in [7, 11) is 0. The van der Waals surface area contributed by atoms with Crippen LogP contribution in [0.1, 0.15) is 11.1 Å². The van der Waals surface area contributed by atoms with Crippen molar-refractivity contribution >= 4 is 11.4 Å². The Hall–Kier alpha value is -3.91. The van der Waals surface area contributed by atoms with E-state index in [9.17, 15) is 48.3 Å². The maximum Gasteiger partial charge on any atom is 0.423 e. The summed E-state index contributed by atoms with van der Waals surface area (Å²) in [5.41, 5.74) is 3.58. The van der Waals surface area contributed by atoms with E-state index < -0.39 is 93.0 Å². The molecular formula is C20H9F11N2O2. The normalized spacial score (nSPS) is 12.1. The Labute approximate surface area is 187 Å². The third-order valence-electron chi connectivity index (χ3n) is 4.30. The molecule has 3 aromatic carbocycles. The zero-order valence-corrected chi connectivity index (χ0v) is 16.5. The van der Waals surface area contributed by atoms with Crippen molar-refractivity contribution < 1.29 is 57.8 Å². The number of benzene rings is 3. The van der Waals surface area contributed by atoms with Crippen LogP contribution in [0.4, 0.5) is 59.7 Å². The molecule has 0 fully saturated rings. The summed E-state index contributed by atoms with van der Waals surface area (Å²) >= 11 is 0. The first kappa shape index (κ1) is 25.7. The topological polar surface area (TPSA) is 70.5 Å². The SMILES string of the molecule is Nc1cc(Oc2c(F)cc(C(F)(F)F)c(Oc3cc(N)c(F)cc3F)c2C(F)(F)F)c(F)cc1F. The van der Waals surface area contributed by atoms with E-state index in [1.807, 2.05) is 0 Å². The van der Waals surface area contributed by atoms with Gasteiger partial charge in [-0.15, -0.1) is 0 Å². The lowest BCUT2D eigenvalue weighted by Gasteiger charge is -2.23. The van der Waals surface area contributed by atoms with Gasteiger partial charge in [0.05, 0.1) is 11.4 Å². The molecule has 0 amide bonds. The Balaban J connectivity index is 2.34. The highest BCUT2D eigenvalue weighted by atomic mass is 19.4. The van der Waals surface area contributed by atoms with E-state index >= 15 is 0 Å². The summed E-state index contributed by atoms with van der Waals surface area (Å²) in [6.07, 6.45) is -11.6. The Morgan fingerprint density at radius 1 is 0.514 bits per heavy atom. The van der Waals surface area contributed by atoms with E-state index in [1.54, 1.807) is 0 Å². The molecule has 15 heteroatoms. The molecule has 0 saturated heterocycles. The summed E-state index contributed by atoms with van der Waals surface area (Å²) in [6.45, 7) is 0. The minimum Gasteiger partial charge on any atom is -0.453 e. The highest BCUT2D eigenvalue weighted by molar-refractivity contribution is 5.58. The zero-order chi connectivity index (χ0) is 26.5. The fraction of sp³-hybridized carbons (Fsp3) is 0.100. The number of alkyl halides is 6. The first-order valence-corrected chi connectivity index (χ1v) is 8.86. The fourth-order valence-corrected chi connectivity index (χ4v) is 2.75. The summed E-state index contributed by atoms with van der Waals surface area (Å²) in [5.74, 6) is -15.5. The van der Waals surface area contributed by atoms with E-state index in [-0.39, 0.29) is 18.2 Å². The van der Waals surface area contributed by atoms with Crippen molar-refractivity contribution in [3.63, 3.8) is 0 Å². The van der Waals surface area contributed by atoms with Crippen molar-refractivity contribution in [2.24, 2.45) is 0 Å². The van der Waals surface area contributed by atoms with Crippen molar-refractivity contribution in [1.82, 2.24) is 0 Å². The maximum atomic E-state index is 14.5. The lowest BCUT2D eigenvalue weighted by molar-refractivity contribution is -0.146. The predicted molar refractivity (Wildman–Crippen MR) is 98.1 cm³/mol. The van der Waals surface area contributed by atoms with Gasteiger partial charge in [-0.3, -0.25) is 0 Å². The predicted octanol–water partition coefficient (Wildman–Crippen LogP) is 7.17. The second kappa shape index (κ2) is 8.70. The Bertz CT molecular complexity index is 1300. The number of nitrogen functional groups attached to an aromatic ring is 2. The van der Waals surface area contributed by atoms with Gasteiger partial charge in [0, 0.05) is 24.3 Å². The van der Waals surface area contributed by atoms with Crippen molar-refractivity contribution in [1.29, 1.82) is 0 Å². The van der Waals surface area contributed by atoms with E-state index in [1.165, 1.54) is 0 Å². The lowest BCUT2D eigenvalue weighted by Crippen LogP contribution is -2.17. The van der Waals surface area contributed by atoms with E-state index in [2.05, 4.69) is 9.47 Å². The van der Waals surface area contributed by atoms with Crippen LogP contribution in [0.2, 0.25) is 0 Å². The van der Waals surface area contributed by atoms with Crippen LogP contribution in [-0.4, -0.2) is 0 Å².